The Labute approximate surface area is 120 Å². The van der Waals surface area contributed by atoms with E-state index in [0.29, 0.717) is 11.7 Å². The summed E-state index contributed by atoms with van der Waals surface area (Å²) in [5.41, 5.74) is 5.74. The van der Waals surface area contributed by atoms with E-state index in [-0.39, 0.29) is 0 Å². The molecular weight excluding hydrogens is 341 g/mol. The van der Waals surface area contributed by atoms with Crippen LogP contribution in [0, 0.1) is 3.57 Å². The molecule has 0 aliphatic heterocycles. The Balaban J connectivity index is 2.23. The number of aromatic nitrogens is 2. The number of rotatable bonds is 4. The van der Waals surface area contributed by atoms with E-state index in [4.69, 9.17) is 10.5 Å². The molecule has 5 heteroatoms. The quantitative estimate of drug-likeness (QED) is 0.854. The molecule has 0 saturated carbocycles. The van der Waals surface area contributed by atoms with Gasteiger partial charge in [0.1, 0.15) is 17.4 Å². The van der Waals surface area contributed by atoms with E-state index in [1.807, 2.05) is 24.3 Å². The Morgan fingerprint density at radius 3 is 2.83 bits per heavy atom. The molecule has 4 nitrogen and oxygen atoms in total. The van der Waals surface area contributed by atoms with Gasteiger partial charge >= 0.3 is 0 Å². The molecule has 0 aliphatic rings. The van der Waals surface area contributed by atoms with Gasteiger partial charge in [-0.05, 0) is 47.2 Å². The first-order chi connectivity index (χ1) is 8.67. The fourth-order valence-corrected chi connectivity index (χ4v) is 2.05. The van der Waals surface area contributed by atoms with Crippen molar-refractivity contribution < 1.29 is 4.74 Å². The second-order valence-corrected chi connectivity index (χ2v) is 5.10. The molecule has 0 fully saturated rings. The van der Waals surface area contributed by atoms with Gasteiger partial charge in [0.2, 0.25) is 5.88 Å². The molecule has 0 unspecified atom stereocenters. The van der Waals surface area contributed by atoms with E-state index >= 15 is 0 Å². The van der Waals surface area contributed by atoms with Crippen molar-refractivity contribution in [1.29, 1.82) is 0 Å². The van der Waals surface area contributed by atoms with Gasteiger partial charge in [-0.1, -0.05) is 13.0 Å². The van der Waals surface area contributed by atoms with E-state index in [0.717, 1.165) is 28.0 Å². The van der Waals surface area contributed by atoms with Crippen molar-refractivity contribution in [1.82, 2.24) is 9.97 Å². The van der Waals surface area contributed by atoms with Gasteiger partial charge in [0.05, 0.1) is 0 Å². The zero-order valence-corrected chi connectivity index (χ0v) is 12.2. The first kappa shape index (κ1) is 13.1. The van der Waals surface area contributed by atoms with Crippen LogP contribution in [0.4, 0.5) is 5.82 Å². The van der Waals surface area contributed by atoms with Crippen molar-refractivity contribution in [3.05, 3.63) is 39.7 Å². The second kappa shape index (κ2) is 5.99. The summed E-state index contributed by atoms with van der Waals surface area (Å²) in [6.07, 6.45) is 1.78. The lowest BCUT2D eigenvalue weighted by Crippen LogP contribution is -2.01. The standard InChI is InChI=1S/C13H14IN3O/c1-2-4-12-16-11(15)8-13(17-12)18-10-6-3-5-9(14)7-10/h3,5-8H,2,4H2,1H3,(H2,15,16,17). The smallest absolute Gasteiger partial charge is 0.224 e. The summed E-state index contributed by atoms with van der Waals surface area (Å²) in [5, 5.41) is 0. The van der Waals surface area contributed by atoms with E-state index in [1.54, 1.807) is 6.07 Å². The highest BCUT2D eigenvalue weighted by Crippen LogP contribution is 2.22. The Kier molecular flexibility index (Phi) is 4.35. The normalized spacial score (nSPS) is 10.3. The third kappa shape index (κ3) is 3.56. The number of nitrogens with two attached hydrogens (primary N) is 1. The summed E-state index contributed by atoms with van der Waals surface area (Å²) in [7, 11) is 0. The molecule has 0 radical (unpaired) electrons. The zero-order chi connectivity index (χ0) is 13.0. The van der Waals surface area contributed by atoms with Crippen LogP contribution in [0.2, 0.25) is 0 Å². The minimum absolute atomic E-state index is 0.439. The summed E-state index contributed by atoms with van der Waals surface area (Å²) < 4.78 is 6.80. The summed E-state index contributed by atoms with van der Waals surface area (Å²) in [6, 6.07) is 9.41. The minimum atomic E-state index is 0.439. The molecule has 18 heavy (non-hydrogen) atoms. The molecule has 0 amide bonds. The first-order valence-corrected chi connectivity index (χ1v) is 6.82. The Morgan fingerprint density at radius 2 is 2.11 bits per heavy atom. The average molecular weight is 355 g/mol. The molecule has 0 atom stereocenters. The van der Waals surface area contributed by atoms with Gasteiger partial charge in [0.25, 0.3) is 0 Å². The predicted molar refractivity (Wildman–Crippen MR) is 79.7 cm³/mol. The van der Waals surface area contributed by atoms with Crippen LogP contribution in [0.1, 0.15) is 19.2 Å². The Hall–Kier alpha value is -1.37. The molecule has 0 bridgehead atoms. The summed E-state index contributed by atoms with van der Waals surface area (Å²) in [6.45, 7) is 2.08. The predicted octanol–water partition coefficient (Wildman–Crippen LogP) is 3.41. The number of benzene rings is 1. The van der Waals surface area contributed by atoms with E-state index < -0.39 is 0 Å². The number of aryl methyl sites for hydroxylation is 1. The highest BCUT2D eigenvalue weighted by Gasteiger charge is 2.04. The van der Waals surface area contributed by atoms with Gasteiger partial charge in [-0.15, -0.1) is 0 Å². The van der Waals surface area contributed by atoms with Crippen LogP contribution in [-0.2, 0) is 6.42 Å². The number of anilines is 1. The molecule has 0 spiro atoms. The van der Waals surface area contributed by atoms with Crippen molar-refractivity contribution >= 4 is 28.4 Å². The van der Waals surface area contributed by atoms with Crippen LogP contribution in [0.3, 0.4) is 0 Å². The monoisotopic (exact) mass is 355 g/mol. The second-order valence-electron chi connectivity index (χ2n) is 3.86. The summed E-state index contributed by atoms with van der Waals surface area (Å²) in [5.74, 6) is 2.41. The molecule has 0 saturated heterocycles. The average Bonchev–Trinajstić information content (AvgIpc) is 2.28. The molecule has 2 rings (SSSR count). The maximum Gasteiger partial charge on any atom is 0.224 e. The highest BCUT2D eigenvalue weighted by atomic mass is 127. The van der Waals surface area contributed by atoms with Crippen molar-refractivity contribution in [2.75, 3.05) is 5.73 Å². The molecule has 1 heterocycles. The van der Waals surface area contributed by atoms with Crippen LogP contribution in [0.5, 0.6) is 11.6 Å². The van der Waals surface area contributed by atoms with E-state index in [2.05, 4.69) is 39.5 Å². The van der Waals surface area contributed by atoms with Crippen LogP contribution in [0.25, 0.3) is 0 Å². The van der Waals surface area contributed by atoms with Gasteiger partial charge in [-0.25, -0.2) is 4.98 Å². The first-order valence-electron chi connectivity index (χ1n) is 5.74. The molecule has 0 aliphatic carbocycles. The Morgan fingerprint density at radius 1 is 1.28 bits per heavy atom. The van der Waals surface area contributed by atoms with Crippen molar-refractivity contribution in [2.45, 2.75) is 19.8 Å². The molecule has 1 aromatic carbocycles. The molecule has 1 aromatic heterocycles. The topological polar surface area (TPSA) is 61.0 Å². The van der Waals surface area contributed by atoms with E-state index in [1.165, 1.54) is 0 Å². The van der Waals surface area contributed by atoms with Crippen molar-refractivity contribution in [2.24, 2.45) is 0 Å². The number of hydrogen-bond donors (Lipinski definition) is 1. The molecule has 2 N–H and O–H groups in total. The SMILES string of the molecule is CCCc1nc(N)cc(Oc2cccc(I)c2)n1. The van der Waals surface area contributed by atoms with Crippen LogP contribution >= 0.6 is 22.6 Å². The number of halogens is 1. The third-order valence-corrected chi connectivity index (χ3v) is 2.93. The maximum atomic E-state index is 5.74. The lowest BCUT2D eigenvalue weighted by molar-refractivity contribution is 0.458. The molecular formula is C13H14IN3O. The maximum absolute atomic E-state index is 5.74. The van der Waals surface area contributed by atoms with Crippen LogP contribution < -0.4 is 10.5 Å². The number of hydrogen-bond acceptors (Lipinski definition) is 4. The zero-order valence-electron chi connectivity index (χ0n) is 10.1. The van der Waals surface area contributed by atoms with Gasteiger partial charge in [-0.3, -0.25) is 0 Å². The van der Waals surface area contributed by atoms with Gasteiger partial charge < -0.3 is 10.5 Å². The Bertz CT molecular complexity index is 546. The van der Waals surface area contributed by atoms with Crippen molar-refractivity contribution in [3.8, 4) is 11.6 Å². The minimum Gasteiger partial charge on any atom is -0.439 e. The van der Waals surface area contributed by atoms with Crippen molar-refractivity contribution in [3.63, 3.8) is 0 Å². The fourth-order valence-electron chi connectivity index (χ4n) is 1.53. The lowest BCUT2D eigenvalue weighted by atomic mass is 10.3. The van der Waals surface area contributed by atoms with Gasteiger partial charge in [0.15, 0.2) is 0 Å². The highest BCUT2D eigenvalue weighted by molar-refractivity contribution is 14.1. The lowest BCUT2D eigenvalue weighted by Gasteiger charge is -2.07. The fraction of sp³-hybridized carbons (Fsp3) is 0.231. The largest absolute Gasteiger partial charge is 0.439 e. The number of ether oxygens (including phenoxy) is 1. The van der Waals surface area contributed by atoms with Crippen LogP contribution in [-0.4, -0.2) is 9.97 Å². The molecule has 94 valence electrons. The number of nitrogen functional groups attached to an aromatic ring is 1. The van der Waals surface area contributed by atoms with Gasteiger partial charge in [0, 0.05) is 16.1 Å². The van der Waals surface area contributed by atoms with Crippen LogP contribution in [0.15, 0.2) is 30.3 Å². The third-order valence-electron chi connectivity index (χ3n) is 2.26. The van der Waals surface area contributed by atoms with E-state index in [9.17, 15) is 0 Å². The number of nitrogens with zero attached hydrogens (tertiary/aromatic N) is 2. The summed E-state index contributed by atoms with van der Waals surface area (Å²) in [4.78, 5) is 8.50. The van der Waals surface area contributed by atoms with Gasteiger partial charge in [-0.2, -0.15) is 4.98 Å². The summed E-state index contributed by atoms with van der Waals surface area (Å²) >= 11 is 2.24. The molecule has 2 aromatic rings.